The summed E-state index contributed by atoms with van der Waals surface area (Å²) in [5.41, 5.74) is 0.294. The summed E-state index contributed by atoms with van der Waals surface area (Å²) in [7, 11) is 0. The van der Waals surface area contributed by atoms with Gasteiger partial charge in [0.25, 0.3) is 0 Å². The fourth-order valence-corrected chi connectivity index (χ4v) is 1.65. The van der Waals surface area contributed by atoms with Crippen molar-refractivity contribution in [3.63, 3.8) is 0 Å². The molecule has 0 amide bonds. The van der Waals surface area contributed by atoms with Crippen LogP contribution >= 0.6 is 0 Å². The Morgan fingerprint density at radius 3 is 2.17 bits per heavy atom. The Kier molecular flexibility index (Phi) is 5.27. The van der Waals surface area contributed by atoms with Gasteiger partial charge in [0.15, 0.2) is 12.4 Å². The maximum atomic E-state index is 13.4. The van der Waals surface area contributed by atoms with Gasteiger partial charge in [-0.15, -0.1) is 0 Å². The van der Waals surface area contributed by atoms with Crippen LogP contribution in [-0.2, 0) is 9.53 Å². The first-order valence-corrected chi connectivity index (χ1v) is 6.42. The van der Waals surface area contributed by atoms with Crippen LogP contribution in [0.4, 0.5) is 22.0 Å². The molecule has 0 spiro atoms. The molecule has 0 N–H and O–H groups in total. The van der Waals surface area contributed by atoms with Crippen molar-refractivity contribution in [2.45, 2.75) is 13.0 Å². The zero-order chi connectivity index (χ0) is 17.9. The predicted molar refractivity (Wildman–Crippen MR) is 68.3 cm³/mol. The van der Waals surface area contributed by atoms with Crippen LogP contribution in [0, 0.1) is 29.1 Å². The maximum absolute atomic E-state index is 13.4. The molecule has 5 nitrogen and oxygen atoms in total. The molecule has 2 rings (SSSR count). The Bertz CT molecular complexity index is 729. The van der Waals surface area contributed by atoms with E-state index in [2.05, 4.69) is 14.7 Å². The summed E-state index contributed by atoms with van der Waals surface area (Å²) in [4.78, 5) is 19.2. The first-order chi connectivity index (χ1) is 11.3. The summed E-state index contributed by atoms with van der Waals surface area (Å²) in [6, 6.07) is 0. The number of carbonyl (C=O) groups excluding carboxylic acids is 1. The number of hydrogen-bond donors (Lipinski definition) is 0. The molecule has 24 heavy (non-hydrogen) atoms. The van der Waals surface area contributed by atoms with Gasteiger partial charge in [-0.2, -0.15) is 8.78 Å². The molecule has 10 heteroatoms. The first kappa shape index (κ1) is 17.6. The number of benzene rings is 1. The molecule has 0 aliphatic rings. The highest BCUT2D eigenvalue weighted by Gasteiger charge is 2.27. The molecular formula is C14H9F5N2O3. The summed E-state index contributed by atoms with van der Waals surface area (Å²) >= 11 is 0. The average molecular weight is 348 g/mol. The molecule has 0 saturated carbocycles. The SMILES string of the molecule is C[C@@H](OC(=O)COc1c(F)c(F)c(F)c(F)c1F)c1cnccn1. The van der Waals surface area contributed by atoms with Crippen LogP contribution in [0.3, 0.4) is 0 Å². The van der Waals surface area contributed by atoms with Gasteiger partial charge in [0.2, 0.25) is 29.1 Å². The molecule has 128 valence electrons. The molecule has 0 bridgehead atoms. The van der Waals surface area contributed by atoms with Gasteiger partial charge in [-0.05, 0) is 6.92 Å². The fraction of sp³-hybridized carbons (Fsp3) is 0.214. The Morgan fingerprint density at radius 1 is 1.04 bits per heavy atom. The first-order valence-electron chi connectivity index (χ1n) is 6.42. The summed E-state index contributed by atoms with van der Waals surface area (Å²) in [6.45, 7) is 0.378. The summed E-state index contributed by atoms with van der Waals surface area (Å²) in [5.74, 6) is -13.7. The minimum absolute atomic E-state index is 0.294. The van der Waals surface area contributed by atoms with E-state index in [0.717, 1.165) is 0 Å². The third kappa shape index (κ3) is 3.58. The summed E-state index contributed by atoms with van der Waals surface area (Å²) in [6.07, 6.45) is 3.21. The van der Waals surface area contributed by atoms with Crippen LogP contribution in [-0.4, -0.2) is 22.5 Å². The van der Waals surface area contributed by atoms with Crippen molar-refractivity contribution in [2.24, 2.45) is 0 Å². The van der Waals surface area contributed by atoms with Crippen molar-refractivity contribution in [3.8, 4) is 5.75 Å². The van der Waals surface area contributed by atoms with Crippen molar-refractivity contribution in [1.82, 2.24) is 9.97 Å². The number of aromatic nitrogens is 2. The smallest absolute Gasteiger partial charge is 0.344 e. The van der Waals surface area contributed by atoms with Crippen LogP contribution in [0.25, 0.3) is 0 Å². The lowest BCUT2D eigenvalue weighted by molar-refractivity contribution is -0.151. The normalized spacial score (nSPS) is 11.9. The van der Waals surface area contributed by atoms with Gasteiger partial charge in [0.05, 0.1) is 11.9 Å². The Labute approximate surface area is 132 Å². The zero-order valence-corrected chi connectivity index (χ0v) is 12.0. The number of carbonyl (C=O) groups is 1. The minimum Gasteiger partial charge on any atom is -0.476 e. The second-order valence-corrected chi connectivity index (χ2v) is 4.45. The molecule has 1 aromatic carbocycles. The van der Waals surface area contributed by atoms with Gasteiger partial charge in [0, 0.05) is 12.4 Å². The fourth-order valence-electron chi connectivity index (χ4n) is 1.65. The van der Waals surface area contributed by atoms with E-state index in [1.165, 1.54) is 25.5 Å². The van der Waals surface area contributed by atoms with Crippen LogP contribution in [0.5, 0.6) is 5.75 Å². The standard InChI is InChI=1S/C14H9F5N2O3/c1-6(7-4-20-2-3-21-7)24-8(22)5-23-14-12(18)10(16)9(15)11(17)13(14)19/h2-4,6H,5H2,1H3/t6-/m1/s1. The molecule has 0 unspecified atom stereocenters. The van der Waals surface area contributed by atoms with E-state index >= 15 is 0 Å². The van der Waals surface area contributed by atoms with Gasteiger partial charge >= 0.3 is 5.97 Å². The lowest BCUT2D eigenvalue weighted by Crippen LogP contribution is -2.19. The van der Waals surface area contributed by atoms with Crippen molar-refractivity contribution >= 4 is 5.97 Å². The molecule has 0 fully saturated rings. The molecule has 0 saturated heterocycles. The van der Waals surface area contributed by atoms with Crippen molar-refractivity contribution < 1.29 is 36.2 Å². The predicted octanol–water partition coefficient (Wildman–Crippen LogP) is 2.86. The highest BCUT2D eigenvalue weighted by Crippen LogP contribution is 2.29. The Hall–Kier alpha value is -2.78. The number of ether oxygens (including phenoxy) is 2. The van der Waals surface area contributed by atoms with Gasteiger partial charge in [0.1, 0.15) is 6.10 Å². The third-order valence-electron chi connectivity index (χ3n) is 2.81. The van der Waals surface area contributed by atoms with Gasteiger partial charge in [-0.1, -0.05) is 0 Å². The molecule has 2 aromatic rings. The van der Waals surface area contributed by atoms with Crippen LogP contribution in [0.2, 0.25) is 0 Å². The van der Waals surface area contributed by atoms with Crippen LogP contribution in [0.1, 0.15) is 18.7 Å². The third-order valence-corrected chi connectivity index (χ3v) is 2.81. The number of rotatable bonds is 5. The zero-order valence-electron chi connectivity index (χ0n) is 12.0. The number of esters is 1. The monoisotopic (exact) mass is 348 g/mol. The number of halogens is 5. The topological polar surface area (TPSA) is 61.3 Å². The van der Waals surface area contributed by atoms with Crippen molar-refractivity contribution in [3.05, 3.63) is 53.4 Å². The molecule has 0 aliphatic heterocycles. The van der Waals surface area contributed by atoms with E-state index in [0.29, 0.717) is 5.69 Å². The van der Waals surface area contributed by atoms with Gasteiger partial charge < -0.3 is 9.47 Å². The second-order valence-electron chi connectivity index (χ2n) is 4.45. The Balaban J connectivity index is 2.05. The van der Waals surface area contributed by atoms with Gasteiger partial charge in [-0.25, -0.2) is 18.0 Å². The van der Waals surface area contributed by atoms with E-state index in [4.69, 9.17) is 4.74 Å². The molecule has 0 radical (unpaired) electrons. The minimum atomic E-state index is -2.32. The molecule has 1 atom stereocenters. The van der Waals surface area contributed by atoms with Crippen LogP contribution < -0.4 is 4.74 Å². The number of hydrogen-bond acceptors (Lipinski definition) is 5. The highest BCUT2D eigenvalue weighted by atomic mass is 19.2. The molecular weight excluding hydrogens is 339 g/mol. The van der Waals surface area contributed by atoms with Gasteiger partial charge in [-0.3, -0.25) is 9.97 Å². The second kappa shape index (κ2) is 7.20. The van der Waals surface area contributed by atoms with E-state index in [-0.39, 0.29) is 0 Å². The molecule has 0 aliphatic carbocycles. The lowest BCUT2D eigenvalue weighted by Gasteiger charge is -2.13. The average Bonchev–Trinajstić information content (AvgIpc) is 2.59. The molecule has 1 heterocycles. The largest absolute Gasteiger partial charge is 0.476 e. The van der Waals surface area contributed by atoms with E-state index in [1.54, 1.807) is 0 Å². The summed E-state index contributed by atoms with van der Waals surface area (Å²) < 4.78 is 74.8. The van der Waals surface area contributed by atoms with Crippen molar-refractivity contribution in [1.29, 1.82) is 0 Å². The number of nitrogens with zero attached hydrogens (tertiary/aromatic N) is 2. The maximum Gasteiger partial charge on any atom is 0.344 e. The molecule has 1 aromatic heterocycles. The van der Waals surface area contributed by atoms with E-state index < -0.39 is 53.5 Å². The summed E-state index contributed by atoms with van der Waals surface area (Å²) in [5, 5.41) is 0. The lowest BCUT2D eigenvalue weighted by atomic mass is 10.2. The van der Waals surface area contributed by atoms with E-state index in [1.807, 2.05) is 0 Å². The Morgan fingerprint density at radius 2 is 1.62 bits per heavy atom. The van der Waals surface area contributed by atoms with E-state index in [9.17, 15) is 26.7 Å². The quantitative estimate of drug-likeness (QED) is 0.360. The highest BCUT2D eigenvalue weighted by molar-refractivity contribution is 5.71. The van der Waals surface area contributed by atoms with Crippen LogP contribution in [0.15, 0.2) is 18.6 Å². The van der Waals surface area contributed by atoms with Crippen molar-refractivity contribution in [2.75, 3.05) is 6.61 Å².